The van der Waals surface area contributed by atoms with Gasteiger partial charge in [0.1, 0.15) is 0 Å². The molecule has 24 heavy (non-hydrogen) atoms. The Morgan fingerprint density at radius 2 is 2.04 bits per heavy atom. The Hall–Kier alpha value is -2.74. The normalized spacial score (nSPS) is 11.6. The second-order valence-electron chi connectivity index (χ2n) is 5.20. The monoisotopic (exact) mass is 345 g/mol. The molecule has 8 heteroatoms. The number of aromatic nitrogens is 2. The molecule has 0 atom stereocenters. The van der Waals surface area contributed by atoms with Crippen molar-refractivity contribution in [3.8, 4) is 0 Å². The minimum atomic E-state index is -3.50. The van der Waals surface area contributed by atoms with Gasteiger partial charge in [-0.15, -0.1) is 0 Å². The molecule has 1 aromatic carbocycles. The standard InChI is InChI=1S/C16H15N3O4S/c1-3-24(21,22)14-7-5-4-6-12(14)15(20)18-11-8-13-10(2)19-23-16(13)17-9-11/h4-9H,3H2,1-2H3,(H,18,20). The summed E-state index contributed by atoms with van der Waals surface area (Å²) < 4.78 is 29.3. The Labute approximate surface area is 138 Å². The third-order valence-electron chi connectivity index (χ3n) is 3.61. The molecule has 3 rings (SSSR count). The molecule has 0 spiro atoms. The Morgan fingerprint density at radius 3 is 2.79 bits per heavy atom. The Morgan fingerprint density at radius 1 is 1.29 bits per heavy atom. The summed E-state index contributed by atoms with van der Waals surface area (Å²) in [6.45, 7) is 3.30. The highest BCUT2D eigenvalue weighted by Crippen LogP contribution is 2.22. The van der Waals surface area contributed by atoms with E-state index in [-0.39, 0.29) is 16.2 Å². The lowest BCUT2D eigenvalue weighted by molar-refractivity contribution is 0.102. The molecule has 2 heterocycles. The van der Waals surface area contributed by atoms with Crippen molar-refractivity contribution in [1.29, 1.82) is 0 Å². The van der Waals surface area contributed by atoms with Crippen molar-refractivity contribution in [2.24, 2.45) is 0 Å². The van der Waals surface area contributed by atoms with Gasteiger partial charge in [0.05, 0.1) is 39.2 Å². The molecule has 2 aromatic heterocycles. The van der Waals surface area contributed by atoms with Crippen LogP contribution < -0.4 is 5.32 Å². The minimum absolute atomic E-state index is 0.0141. The summed E-state index contributed by atoms with van der Waals surface area (Å²) in [5, 5.41) is 7.15. The predicted molar refractivity (Wildman–Crippen MR) is 88.7 cm³/mol. The zero-order valence-electron chi connectivity index (χ0n) is 13.1. The number of nitrogens with zero attached hydrogens (tertiary/aromatic N) is 2. The summed E-state index contributed by atoms with van der Waals surface area (Å²) in [6.07, 6.45) is 1.43. The van der Waals surface area contributed by atoms with E-state index in [1.165, 1.54) is 25.3 Å². The summed E-state index contributed by atoms with van der Waals surface area (Å²) >= 11 is 0. The highest BCUT2D eigenvalue weighted by Gasteiger charge is 2.21. The molecule has 1 amide bonds. The first-order valence-electron chi connectivity index (χ1n) is 7.27. The van der Waals surface area contributed by atoms with Gasteiger partial charge in [-0.2, -0.15) is 0 Å². The van der Waals surface area contributed by atoms with Crippen molar-refractivity contribution >= 4 is 32.5 Å². The average Bonchev–Trinajstić information content (AvgIpc) is 2.95. The van der Waals surface area contributed by atoms with Crippen molar-refractivity contribution in [2.75, 3.05) is 11.1 Å². The molecule has 0 unspecified atom stereocenters. The number of amides is 1. The van der Waals surface area contributed by atoms with Crippen LogP contribution in [0.1, 0.15) is 23.0 Å². The Balaban J connectivity index is 1.96. The molecule has 0 aliphatic carbocycles. The van der Waals surface area contributed by atoms with Crippen molar-refractivity contribution in [2.45, 2.75) is 18.7 Å². The van der Waals surface area contributed by atoms with E-state index in [0.29, 0.717) is 22.5 Å². The number of hydrogen-bond donors (Lipinski definition) is 1. The summed E-state index contributed by atoms with van der Waals surface area (Å²) in [5.74, 6) is -0.595. The number of pyridine rings is 1. The van der Waals surface area contributed by atoms with E-state index >= 15 is 0 Å². The van der Waals surface area contributed by atoms with Crippen molar-refractivity contribution < 1.29 is 17.7 Å². The first-order valence-corrected chi connectivity index (χ1v) is 8.93. The average molecular weight is 345 g/mol. The molecule has 1 N–H and O–H groups in total. The maximum absolute atomic E-state index is 12.5. The fourth-order valence-corrected chi connectivity index (χ4v) is 3.39. The summed E-state index contributed by atoms with van der Waals surface area (Å²) in [6, 6.07) is 7.81. The molecule has 124 valence electrons. The molecular formula is C16H15N3O4S. The van der Waals surface area contributed by atoms with Crippen LogP contribution >= 0.6 is 0 Å². The van der Waals surface area contributed by atoms with Crippen molar-refractivity contribution in [3.63, 3.8) is 0 Å². The topological polar surface area (TPSA) is 102 Å². The van der Waals surface area contributed by atoms with Crippen LogP contribution in [0.15, 0.2) is 45.9 Å². The van der Waals surface area contributed by atoms with Gasteiger partial charge in [0.2, 0.25) is 0 Å². The van der Waals surface area contributed by atoms with Gasteiger partial charge in [0.15, 0.2) is 9.84 Å². The molecule has 0 aliphatic rings. The van der Waals surface area contributed by atoms with Crippen LogP contribution in [0.3, 0.4) is 0 Å². The van der Waals surface area contributed by atoms with E-state index in [0.717, 1.165) is 0 Å². The minimum Gasteiger partial charge on any atom is -0.336 e. The van der Waals surface area contributed by atoms with Crippen LogP contribution in [-0.4, -0.2) is 30.2 Å². The van der Waals surface area contributed by atoms with Crippen LogP contribution in [-0.2, 0) is 9.84 Å². The lowest BCUT2D eigenvalue weighted by atomic mass is 10.2. The fourth-order valence-electron chi connectivity index (χ4n) is 2.29. The second-order valence-corrected chi connectivity index (χ2v) is 7.45. The number of nitrogens with one attached hydrogen (secondary N) is 1. The van der Waals surface area contributed by atoms with E-state index in [1.807, 2.05) is 0 Å². The summed E-state index contributed by atoms with van der Waals surface area (Å²) in [4.78, 5) is 16.6. The largest absolute Gasteiger partial charge is 0.336 e. The number of sulfone groups is 1. The molecule has 0 fully saturated rings. The third-order valence-corrected chi connectivity index (χ3v) is 5.40. The zero-order chi connectivity index (χ0) is 17.3. The van der Waals surface area contributed by atoms with Gasteiger partial charge in [-0.25, -0.2) is 13.4 Å². The highest BCUT2D eigenvalue weighted by atomic mass is 32.2. The molecule has 0 saturated heterocycles. The first kappa shape index (κ1) is 16.1. The number of fused-ring (bicyclic) bond motifs is 1. The molecule has 7 nitrogen and oxygen atoms in total. The number of hydrogen-bond acceptors (Lipinski definition) is 6. The fraction of sp³-hybridized carbons (Fsp3) is 0.188. The number of benzene rings is 1. The van der Waals surface area contributed by atoms with Gasteiger partial charge in [-0.3, -0.25) is 4.79 Å². The molecular weight excluding hydrogens is 330 g/mol. The van der Waals surface area contributed by atoms with Gasteiger partial charge in [-0.1, -0.05) is 24.2 Å². The van der Waals surface area contributed by atoms with E-state index < -0.39 is 15.7 Å². The number of carbonyl (C=O) groups is 1. The maximum atomic E-state index is 12.5. The SMILES string of the molecule is CCS(=O)(=O)c1ccccc1C(=O)Nc1cnc2onc(C)c2c1. The highest BCUT2D eigenvalue weighted by molar-refractivity contribution is 7.91. The number of aryl methyl sites for hydroxylation is 1. The summed E-state index contributed by atoms with van der Waals surface area (Å²) in [5.41, 5.74) is 1.56. The van der Waals surface area contributed by atoms with E-state index in [1.54, 1.807) is 25.1 Å². The summed E-state index contributed by atoms with van der Waals surface area (Å²) in [7, 11) is -3.50. The van der Waals surface area contributed by atoms with Crippen LogP contribution in [0.2, 0.25) is 0 Å². The van der Waals surface area contributed by atoms with Crippen LogP contribution in [0.5, 0.6) is 0 Å². The first-order chi connectivity index (χ1) is 11.4. The molecule has 0 aliphatic heterocycles. The zero-order valence-corrected chi connectivity index (χ0v) is 13.9. The van der Waals surface area contributed by atoms with Gasteiger partial charge >= 0.3 is 0 Å². The molecule has 3 aromatic rings. The predicted octanol–water partition coefficient (Wildman–Crippen LogP) is 2.58. The van der Waals surface area contributed by atoms with E-state index in [9.17, 15) is 13.2 Å². The molecule has 0 bridgehead atoms. The van der Waals surface area contributed by atoms with Crippen LogP contribution in [0.4, 0.5) is 5.69 Å². The van der Waals surface area contributed by atoms with Crippen LogP contribution in [0.25, 0.3) is 11.1 Å². The van der Waals surface area contributed by atoms with Gasteiger partial charge in [-0.05, 0) is 25.1 Å². The lowest BCUT2D eigenvalue weighted by Crippen LogP contribution is -2.17. The third kappa shape index (κ3) is 2.88. The lowest BCUT2D eigenvalue weighted by Gasteiger charge is -2.09. The van der Waals surface area contributed by atoms with E-state index in [2.05, 4.69) is 15.5 Å². The van der Waals surface area contributed by atoms with Crippen molar-refractivity contribution in [1.82, 2.24) is 10.1 Å². The number of rotatable bonds is 4. The quantitative estimate of drug-likeness (QED) is 0.780. The van der Waals surface area contributed by atoms with Crippen LogP contribution in [0, 0.1) is 6.92 Å². The maximum Gasteiger partial charge on any atom is 0.258 e. The molecule has 0 saturated carbocycles. The van der Waals surface area contributed by atoms with Gasteiger partial charge in [0.25, 0.3) is 11.6 Å². The second kappa shape index (κ2) is 6.04. The smallest absolute Gasteiger partial charge is 0.258 e. The van der Waals surface area contributed by atoms with Gasteiger partial charge < -0.3 is 9.84 Å². The number of anilines is 1. The van der Waals surface area contributed by atoms with E-state index in [4.69, 9.17) is 4.52 Å². The molecule has 0 radical (unpaired) electrons. The van der Waals surface area contributed by atoms with Crippen molar-refractivity contribution in [3.05, 3.63) is 47.8 Å². The number of carbonyl (C=O) groups excluding carboxylic acids is 1. The van der Waals surface area contributed by atoms with Gasteiger partial charge in [0, 0.05) is 0 Å². The Bertz CT molecular complexity index is 1020. The Kier molecular flexibility index (Phi) is 4.06.